The van der Waals surface area contributed by atoms with E-state index in [0.717, 1.165) is 47.5 Å². The van der Waals surface area contributed by atoms with Crippen molar-refractivity contribution in [1.82, 2.24) is 10.2 Å². The molecule has 0 saturated heterocycles. The van der Waals surface area contributed by atoms with Crippen LogP contribution in [-0.2, 0) is 32.6 Å². The Kier molecular flexibility index (Phi) is 11.1. The van der Waals surface area contributed by atoms with Gasteiger partial charge in [-0.3, -0.25) is 13.9 Å². The van der Waals surface area contributed by atoms with Gasteiger partial charge >= 0.3 is 0 Å². The summed E-state index contributed by atoms with van der Waals surface area (Å²) in [5, 5.41) is 3.79. The van der Waals surface area contributed by atoms with E-state index in [9.17, 15) is 18.0 Å². The first kappa shape index (κ1) is 33.2. The molecule has 9 heteroatoms. The molecule has 0 spiro atoms. The number of halogens is 1. The van der Waals surface area contributed by atoms with Crippen LogP contribution in [0.1, 0.15) is 48.8 Å². The van der Waals surface area contributed by atoms with Crippen LogP contribution in [0.5, 0.6) is 0 Å². The summed E-state index contributed by atoms with van der Waals surface area (Å²) in [5.74, 6) is -0.733. The molecule has 46 heavy (non-hydrogen) atoms. The van der Waals surface area contributed by atoms with Gasteiger partial charge in [-0.05, 0) is 66.8 Å². The van der Waals surface area contributed by atoms with E-state index in [1.54, 1.807) is 42.5 Å². The highest BCUT2D eigenvalue weighted by atomic mass is 35.5. The van der Waals surface area contributed by atoms with Gasteiger partial charge in [-0.1, -0.05) is 110 Å². The second-order valence-electron chi connectivity index (χ2n) is 11.8. The minimum absolute atomic E-state index is 0.0360. The first-order chi connectivity index (χ1) is 22.2. The molecule has 0 aromatic heterocycles. The van der Waals surface area contributed by atoms with Crippen LogP contribution in [0, 0.1) is 6.92 Å². The summed E-state index contributed by atoms with van der Waals surface area (Å²) < 4.78 is 29.5. The highest BCUT2D eigenvalue weighted by Gasteiger charge is 2.35. The Bertz CT molecular complexity index is 1710. The van der Waals surface area contributed by atoms with E-state index in [4.69, 9.17) is 11.6 Å². The van der Waals surface area contributed by atoms with Crippen LogP contribution in [0.2, 0.25) is 5.02 Å². The van der Waals surface area contributed by atoms with Crippen molar-refractivity contribution in [3.63, 3.8) is 0 Å². The van der Waals surface area contributed by atoms with E-state index in [1.807, 2.05) is 61.5 Å². The SMILES string of the molecule is Cc1ccccc1N(CC(=O)N(Cc1ccc(Cl)cc1)[C@@H](Cc1ccccc1)C(=O)NC1CCCCC1)S(=O)(=O)c1ccccc1. The Morgan fingerprint density at radius 3 is 2.07 bits per heavy atom. The van der Waals surface area contributed by atoms with Gasteiger partial charge < -0.3 is 10.2 Å². The van der Waals surface area contributed by atoms with Crippen molar-refractivity contribution in [2.75, 3.05) is 10.8 Å². The number of nitrogens with zero attached hydrogens (tertiary/aromatic N) is 2. The molecule has 0 bridgehead atoms. The van der Waals surface area contributed by atoms with Crippen LogP contribution >= 0.6 is 11.6 Å². The third-order valence-electron chi connectivity index (χ3n) is 8.48. The fourth-order valence-corrected chi connectivity index (χ4v) is 7.59. The average Bonchev–Trinajstić information content (AvgIpc) is 3.07. The Morgan fingerprint density at radius 2 is 1.41 bits per heavy atom. The number of carbonyl (C=O) groups is 2. The summed E-state index contributed by atoms with van der Waals surface area (Å²) in [6.07, 6.45) is 5.30. The van der Waals surface area contributed by atoms with E-state index in [1.165, 1.54) is 17.0 Å². The lowest BCUT2D eigenvalue weighted by Crippen LogP contribution is -2.55. The fraction of sp³-hybridized carbons (Fsp3) is 0.297. The molecule has 1 aliphatic rings. The van der Waals surface area contributed by atoms with Gasteiger partial charge in [0.15, 0.2) is 0 Å². The number of rotatable bonds is 12. The van der Waals surface area contributed by atoms with Gasteiger partial charge in [0.2, 0.25) is 11.8 Å². The van der Waals surface area contributed by atoms with Crippen molar-refractivity contribution in [1.29, 1.82) is 0 Å². The van der Waals surface area contributed by atoms with Crippen molar-refractivity contribution in [3.05, 3.63) is 131 Å². The lowest BCUT2D eigenvalue weighted by molar-refractivity contribution is -0.140. The Balaban J connectivity index is 1.56. The molecule has 0 aliphatic heterocycles. The summed E-state index contributed by atoms with van der Waals surface area (Å²) in [4.78, 5) is 30.4. The van der Waals surface area contributed by atoms with Gasteiger partial charge in [-0.15, -0.1) is 0 Å². The van der Waals surface area contributed by atoms with Gasteiger partial charge in [0.1, 0.15) is 12.6 Å². The molecule has 1 atom stereocenters. The third kappa shape index (κ3) is 8.36. The van der Waals surface area contributed by atoms with Crippen LogP contribution in [0.4, 0.5) is 5.69 Å². The Hall–Kier alpha value is -4.14. The van der Waals surface area contributed by atoms with Crippen molar-refractivity contribution in [2.24, 2.45) is 0 Å². The number of sulfonamides is 1. The van der Waals surface area contributed by atoms with E-state index in [0.29, 0.717) is 16.3 Å². The molecular weight excluding hydrogens is 618 g/mol. The van der Waals surface area contributed by atoms with Crippen LogP contribution < -0.4 is 9.62 Å². The zero-order valence-electron chi connectivity index (χ0n) is 26.0. The maximum absolute atomic E-state index is 14.6. The minimum Gasteiger partial charge on any atom is -0.352 e. The molecule has 0 heterocycles. The van der Waals surface area contributed by atoms with Crippen LogP contribution in [0.25, 0.3) is 0 Å². The fourth-order valence-electron chi connectivity index (χ4n) is 5.96. The molecule has 0 unspecified atom stereocenters. The van der Waals surface area contributed by atoms with Crippen molar-refractivity contribution < 1.29 is 18.0 Å². The topological polar surface area (TPSA) is 86.8 Å². The predicted molar refractivity (Wildman–Crippen MR) is 183 cm³/mol. The number of carbonyl (C=O) groups excluding carboxylic acids is 2. The zero-order valence-corrected chi connectivity index (χ0v) is 27.6. The van der Waals surface area contributed by atoms with Gasteiger partial charge in [-0.25, -0.2) is 8.42 Å². The van der Waals surface area contributed by atoms with Crippen LogP contribution in [0.3, 0.4) is 0 Å². The molecule has 4 aromatic rings. The summed E-state index contributed by atoms with van der Waals surface area (Å²) in [7, 11) is -4.14. The predicted octanol–water partition coefficient (Wildman–Crippen LogP) is 6.93. The Labute approximate surface area is 277 Å². The van der Waals surface area contributed by atoms with E-state index >= 15 is 0 Å². The summed E-state index contributed by atoms with van der Waals surface area (Å²) >= 11 is 6.18. The van der Waals surface area contributed by atoms with Gasteiger partial charge in [0, 0.05) is 24.0 Å². The standard InChI is InChI=1S/C37H40ClN3O4S/c1-28-13-11-12-20-34(28)41(46(44,45)33-18-9-4-10-19-33)27-36(42)40(26-30-21-23-31(38)24-22-30)35(25-29-14-5-2-6-15-29)37(43)39-32-16-7-3-8-17-32/h2,4-6,9-15,18-24,32,35H,3,7-8,16-17,25-27H2,1H3,(H,39,43)/t35-/m0/s1. The normalized spacial score (nSPS) is 14.3. The lowest BCUT2D eigenvalue weighted by Gasteiger charge is -2.35. The molecule has 1 N–H and O–H groups in total. The molecule has 1 fully saturated rings. The second-order valence-corrected chi connectivity index (χ2v) is 14.1. The number of anilines is 1. The largest absolute Gasteiger partial charge is 0.352 e. The molecule has 240 valence electrons. The van der Waals surface area contributed by atoms with Crippen LogP contribution in [-0.4, -0.2) is 43.8 Å². The quantitative estimate of drug-likeness (QED) is 0.179. The van der Waals surface area contributed by atoms with E-state index in [2.05, 4.69) is 5.32 Å². The van der Waals surface area contributed by atoms with E-state index < -0.39 is 28.5 Å². The van der Waals surface area contributed by atoms with Crippen LogP contribution in [0.15, 0.2) is 114 Å². The maximum Gasteiger partial charge on any atom is 0.264 e. The van der Waals surface area contributed by atoms with E-state index in [-0.39, 0.29) is 29.8 Å². The molecular formula is C37H40ClN3O4S. The molecule has 1 aliphatic carbocycles. The number of aryl methyl sites for hydroxylation is 1. The monoisotopic (exact) mass is 657 g/mol. The third-order valence-corrected chi connectivity index (χ3v) is 10.5. The summed E-state index contributed by atoms with van der Waals surface area (Å²) in [5.41, 5.74) is 2.77. The molecule has 5 rings (SSSR count). The summed E-state index contributed by atoms with van der Waals surface area (Å²) in [6, 6.07) is 31.1. The van der Waals surface area contributed by atoms with Gasteiger partial charge in [-0.2, -0.15) is 0 Å². The maximum atomic E-state index is 14.6. The van der Waals surface area contributed by atoms with Gasteiger partial charge in [0.05, 0.1) is 10.6 Å². The second kappa shape index (κ2) is 15.4. The van der Waals surface area contributed by atoms with Gasteiger partial charge in [0.25, 0.3) is 10.0 Å². The number of nitrogens with one attached hydrogen (secondary N) is 1. The highest BCUT2D eigenvalue weighted by molar-refractivity contribution is 7.92. The first-order valence-electron chi connectivity index (χ1n) is 15.7. The number of para-hydroxylation sites is 1. The smallest absolute Gasteiger partial charge is 0.264 e. The molecule has 0 radical (unpaired) electrons. The molecule has 1 saturated carbocycles. The molecule has 7 nitrogen and oxygen atoms in total. The summed E-state index contributed by atoms with van der Waals surface area (Å²) in [6.45, 7) is 1.42. The number of amides is 2. The zero-order chi connectivity index (χ0) is 32.5. The highest BCUT2D eigenvalue weighted by Crippen LogP contribution is 2.28. The molecule has 2 amide bonds. The first-order valence-corrected chi connectivity index (χ1v) is 17.6. The lowest BCUT2D eigenvalue weighted by atomic mass is 9.94. The number of hydrogen-bond donors (Lipinski definition) is 1. The minimum atomic E-state index is -4.14. The number of benzene rings is 4. The van der Waals surface area contributed by atoms with Crippen molar-refractivity contribution in [2.45, 2.75) is 69.0 Å². The number of hydrogen-bond acceptors (Lipinski definition) is 4. The van der Waals surface area contributed by atoms with Crippen molar-refractivity contribution in [3.8, 4) is 0 Å². The molecule has 4 aromatic carbocycles. The Morgan fingerprint density at radius 1 is 0.804 bits per heavy atom. The van der Waals surface area contributed by atoms with Crippen molar-refractivity contribution >= 4 is 39.1 Å². The average molecular weight is 658 g/mol.